The van der Waals surface area contributed by atoms with E-state index in [2.05, 4.69) is 15.5 Å². The number of hydrogen-bond acceptors (Lipinski definition) is 4. The summed E-state index contributed by atoms with van der Waals surface area (Å²) in [6, 6.07) is 9.15. The summed E-state index contributed by atoms with van der Waals surface area (Å²) in [5.74, 6) is 0.0804. The summed E-state index contributed by atoms with van der Waals surface area (Å²) >= 11 is 6.81. The summed E-state index contributed by atoms with van der Waals surface area (Å²) in [6.45, 7) is 3.57. The Morgan fingerprint density at radius 2 is 2.16 bits per heavy atom. The molecule has 5 nitrogen and oxygen atoms in total. The van der Waals surface area contributed by atoms with E-state index in [9.17, 15) is 9.18 Å². The van der Waals surface area contributed by atoms with Gasteiger partial charge in [-0.15, -0.1) is 11.3 Å². The largest absolute Gasteiger partial charge is 0.348 e. The van der Waals surface area contributed by atoms with Gasteiger partial charge in [-0.25, -0.2) is 4.39 Å². The zero-order valence-corrected chi connectivity index (χ0v) is 15.3. The van der Waals surface area contributed by atoms with Crippen LogP contribution in [0.2, 0.25) is 0 Å². The summed E-state index contributed by atoms with van der Waals surface area (Å²) < 4.78 is 15.4. The van der Waals surface area contributed by atoms with E-state index in [1.165, 1.54) is 23.5 Å². The second-order valence-electron chi connectivity index (χ2n) is 5.66. The first kappa shape index (κ1) is 17.5. The molecule has 3 rings (SSSR count). The molecule has 0 unspecified atom stereocenters. The zero-order chi connectivity index (χ0) is 18.0. The Bertz CT molecular complexity index is 932. The highest BCUT2D eigenvalue weighted by Crippen LogP contribution is 2.26. The Kier molecular flexibility index (Phi) is 5.10. The predicted octanol–water partition coefficient (Wildman–Crippen LogP) is 4.25. The van der Waals surface area contributed by atoms with Crippen LogP contribution in [-0.2, 0) is 4.79 Å². The van der Waals surface area contributed by atoms with Crippen LogP contribution in [0.5, 0.6) is 0 Å². The van der Waals surface area contributed by atoms with Crippen molar-refractivity contribution in [3.05, 3.63) is 57.9 Å². The highest BCUT2D eigenvalue weighted by molar-refractivity contribution is 7.71. The van der Waals surface area contributed by atoms with Crippen LogP contribution in [0.1, 0.15) is 31.5 Å². The van der Waals surface area contributed by atoms with Gasteiger partial charge < -0.3 is 5.32 Å². The third-order valence-corrected chi connectivity index (χ3v) is 5.07. The maximum absolute atomic E-state index is 13.4. The fourth-order valence-electron chi connectivity index (χ4n) is 2.55. The normalized spacial score (nSPS) is 13.4. The van der Waals surface area contributed by atoms with E-state index in [1.54, 1.807) is 23.6 Å². The van der Waals surface area contributed by atoms with Crippen molar-refractivity contribution in [2.75, 3.05) is 0 Å². The van der Waals surface area contributed by atoms with Gasteiger partial charge in [0, 0.05) is 0 Å². The number of carbonyl (C=O) groups excluding carboxylic acids is 1. The summed E-state index contributed by atoms with van der Waals surface area (Å²) in [4.78, 5) is 13.6. The van der Waals surface area contributed by atoms with Crippen LogP contribution in [-0.4, -0.2) is 20.7 Å². The average Bonchev–Trinajstić information content (AvgIpc) is 3.23. The van der Waals surface area contributed by atoms with Crippen LogP contribution in [0, 0.1) is 10.6 Å². The van der Waals surface area contributed by atoms with Crippen LogP contribution < -0.4 is 5.32 Å². The Morgan fingerprint density at radius 3 is 2.84 bits per heavy atom. The number of carbonyl (C=O) groups is 1. The number of thiophene rings is 1. The van der Waals surface area contributed by atoms with Gasteiger partial charge in [-0.2, -0.15) is 5.10 Å². The Hall–Kier alpha value is -2.32. The summed E-state index contributed by atoms with van der Waals surface area (Å²) in [7, 11) is 0. The predicted molar refractivity (Wildman–Crippen MR) is 98.4 cm³/mol. The maximum atomic E-state index is 13.4. The first-order valence-electron chi connectivity index (χ1n) is 7.74. The van der Waals surface area contributed by atoms with Crippen molar-refractivity contribution >= 4 is 29.5 Å². The minimum absolute atomic E-state index is 0.216. The molecule has 1 aromatic carbocycles. The molecule has 1 amide bonds. The zero-order valence-electron chi connectivity index (χ0n) is 13.7. The molecule has 2 N–H and O–H groups in total. The van der Waals surface area contributed by atoms with Gasteiger partial charge in [-0.3, -0.25) is 14.5 Å². The Morgan fingerprint density at radius 1 is 1.36 bits per heavy atom. The molecule has 2 aromatic heterocycles. The van der Waals surface area contributed by atoms with Gasteiger partial charge in [-0.05, 0) is 55.2 Å². The number of benzene rings is 1. The molecule has 2 heterocycles. The summed E-state index contributed by atoms with van der Waals surface area (Å²) in [5.41, 5.74) is 0.704. The molecule has 3 aromatic rings. The molecule has 0 radical (unpaired) electrons. The quantitative estimate of drug-likeness (QED) is 0.655. The number of H-pyrrole nitrogens is 1. The standard InChI is InChI=1S/C17H17FN4OS2/c1-10(12-5-3-6-13(18)9-12)19-16(23)11(2)22-15(20-21-17(22)24)14-7-4-8-25-14/h3-11H,1-2H3,(H,19,23)(H,21,24)/t10-,11+/m0/s1. The van der Waals surface area contributed by atoms with E-state index in [-0.39, 0.29) is 17.8 Å². The molecule has 0 saturated carbocycles. The van der Waals surface area contributed by atoms with Gasteiger partial charge in [0.15, 0.2) is 10.6 Å². The SMILES string of the molecule is C[C@H](NC(=O)[C@@H](C)n1c(-c2cccs2)n[nH]c1=S)c1cccc(F)c1. The topological polar surface area (TPSA) is 62.7 Å². The van der Waals surface area contributed by atoms with E-state index < -0.39 is 6.04 Å². The van der Waals surface area contributed by atoms with E-state index in [0.717, 1.165) is 4.88 Å². The second kappa shape index (κ2) is 7.28. The molecule has 0 aliphatic carbocycles. The fourth-order valence-corrected chi connectivity index (χ4v) is 3.55. The fraction of sp³-hybridized carbons (Fsp3) is 0.235. The van der Waals surface area contributed by atoms with Gasteiger partial charge >= 0.3 is 0 Å². The minimum Gasteiger partial charge on any atom is -0.348 e. The van der Waals surface area contributed by atoms with Gasteiger partial charge in [0.2, 0.25) is 5.91 Å². The molecule has 8 heteroatoms. The lowest BCUT2D eigenvalue weighted by molar-refractivity contribution is -0.124. The van der Waals surface area contributed by atoms with Crippen molar-refractivity contribution in [3.63, 3.8) is 0 Å². The van der Waals surface area contributed by atoms with Crippen molar-refractivity contribution < 1.29 is 9.18 Å². The maximum Gasteiger partial charge on any atom is 0.243 e. The van der Waals surface area contributed by atoms with Crippen molar-refractivity contribution in [1.82, 2.24) is 20.1 Å². The number of halogens is 1. The third kappa shape index (κ3) is 3.69. The summed E-state index contributed by atoms with van der Waals surface area (Å²) in [6.07, 6.45) is 0. The average molecular weight is 376 g/mol. The molecule has 130 valence electrons. The number of nitrogens with zero attached hydrogens (tertiary/aromatic N) is 2. The van der Waals surface area contributed by atoms with Crippen LogP contribution in [0.3, 0.4) is 0 Å². The first-order valence-corrected chi connectivity index (χ1v) is 9.03. The molecule has 25 heavy (non-hydrogen) atoms. The van der Waals surface area contributed by atoms with Crippen LogP contribution in [0.4, 0.5) is 4.39 Å². The number of aromatic amines is 1. The van der Waals surface area contributed by atoms with Crippen molar-refractivity contribution in [3.8, 4) is 10.7 Å². The minimum atomic E-state index is -0.556. The van der Waals surface area contributed by atoms with Gasteiger partial charge in [-0.1, -0.05) is 18.2 Å². The van der Waals surface area contributed by atoms with Crippen LogP contribution >= 0.6 is 23.6 Å². The van der Waals surface area contributed by atoms with E-state index in [4.69, 9.17) is 12.2 Å². The summed E-state index contributed by atoms with van der Waals surface area (Å²) in [5, 5.41) is 11.8. The van der Waals surface area contributed by atoms with Crippen molar-refractivity contribution in [1.29, 1.82) is 0 Å². The van der Waals surface area contributed by atoms with Gasteiger partial charge in [0.1, 0.15) is 11.9 Å². The van der Waals surface area contributed by atoms with Gasteiger partial charge in [0.05, 0.1) is 10.9 Å². The second-order valence-corrected chi connectivity index (χ2v) is 7.00. The number of amides is 1. The van der Waals surface area contributed by atoms with E-state index in [0.29, 0.717) is 16.2 Å². The number of aromatic nitrogens is 3. The highest BCUT2D eigenvalue weighted by Gasteiger charge is 2.22. The Labute approximate surface area is 153 Å². The molecule has 0 aliphatic heterocycles. The lowest BCUT2D eigenvalue weighted by atomic mass is 10.1. The van der Waals surface area contributed by atoms with Crippen molar-refractivity contribution in [2.45, 2.75) is 25.9 Å². The monoisotopic (exact) mass is 376 g/mol. The number of rotatable bonds is 5. The third-order valence-electron chi connectivity index (χ3n) is 3.92. The van der Waals surface area contributed by atoms with E-state index in [1.807, 2.05) is 24.4 Å². The van der Waals surface area contributed by atoms with Crippen LogP contribution in [0.15, 0.2) is 41.8 Å². The first-order chi connectivity index (χ1) is 12.0. The van der Waals surface area contributed by atoms with Crippen LogP contribution in [0.25, 0.3) is 10.7 Å². The molecule has 2 atom stereocenters. The number of hydrogen-bond donors (Lipinski definition) is 2. The molecule has 0 spiro atoms. The van der Waals surface area contributed by atoms with Gasteiger partial charge in [0.25, 0.3) is 0 Å². The van der Waals surface area contributed by atoms with Crippen molar-refractivity contribution in [2.24, 2.45) is 0 Å². The molecular formula is C17H17FN4OS2. The lowest BCUT2D eigenvalue weighted by Crippen LogP contribution is -2.33. The molecular weight excluding hydrogens is 359 g/mol. The lowest BCUT2D eigenvalue weighted by Gasteiger charge is -2.19. The number of nitrogens with one attached hydrogen (secondary N) is 2. The highest BCUT2D eigenvalue weighted by atomic mass is 32.1. The smallest absolute Gasteiger partial charge is 0.243 e. The molecule has 0 bridgehead atoms. The molecule has 0 saturated heterocycles. The molecule has 0 fully saturated rings. The van der Waals surface area contributed by atoms with E-state index >= 15 is 0 Å². The molecule has 0 aliphatic rings. The Balaban J connectivity index is 1.82.